The Balaban J connectivity index is 1.46. The molecule has 3 aromatic rings. The van der Waals surface area contributed by atoms with E-state index in [1.165, 1.54) is 0 Å². The number of aryl methyl sites for hydroxylation is 2. The van der Waals surface area contributed by atoms with Gasteiger partial charge < -0.3 is 23.2 Å². The lowest BCUT2D eigenvalue weighted by Gasteiger charge is -2.14. The molecule has 164 valence electrons. The number of benzene rings is 1. The van der Waals surface area contributed by atoms with E-state index in [1.807, 2.05) is 19.9 Å². The van der Waals surface area contributed by atoms with E-state index in [0.29, 0.717) is 22.5 Å². The Morgan fingerprint density at radius 2 is 2.00 bits per heavy atom. The minimum atomic E-state index is -0.658. The molecular weight excluding hydrogens is 398 g/mol. The number of ether oxygens (including phenoxy) is 3. The molecule has 0 N–H and O–H groups in total. The van der Waals surface area contributed by atoms with Gasteiger partial charge in [0, 0.05) is 41.1 Å². The fourth-order valence-corrected chi connectivity index (χ4v) is 4.15. The molecule has 0 spiro atoms. The number of hydrogen-bond donors (Lipinski definition) is 0. The predicted octanol–water partition coefficient (Wildman–Crippen LogP) is 4.39. The van der Waals surface area contributed by atoms with Crippen molar-refractivity contribution < 1.29 is 28.2 Å². The van der Waals surface area contributed by atoms with Crippen molar-refractivity contribution in [2.75, 3.05) is 20.3 Å². The SMILES string of the molecule is COc1ccc2oc(C(=O)OCC(=O)c3cc(C)n(C[C@@H]4CCCO4)c3C)c(C)c2c1. The molecule has 3 heterocycles. The minimum absolute atomic E-state index is 0.0971. The van der Waals surface area contributed by atoms with Crippen LogP contribution in [0.3, 0.4) is 0 Å². The van der Waals surface area contributed by atoms with Gasteiger partial charge in [0.05, 0.1) is 13.2 Å². The second-order valence-electron chi connectivity index (χ2n) is 7.95. The maximum atomic E-state index is 12.8. The maximum absolute atomic E-state index is 12.8. The van der Waals surface area contributed by atoms with Crippen LogP contribution < -0.4 is 4.74 Å². The molecule has 1 aromatic carbocycles. The Bertz CT molecular complexity index is 1130. The van der Waals surface area contributed by atoms with Crippen LogP contribution in [0.2, 0.25) is 0 Å². The summed E-state index contributed by atoms with van der Waals surface area (Å²) >= 11 is 0. The van der Waals surface area contributed by atoms with E-state index in [1.54, 1.807) is 32.2 Å². The van der Waals surface area contributed by atoms with Gasteiger partial charge in [-0.3, -0.25) is 4.79 Å². The average molecular weight is 425 g/mol. The van der Waals surface area contributed by atoms with Crippen molar-refractivity contribution >= 4 is 22.7 Å². The number of hydrogen-bond acceptors (Lipinski definition) is 6. The normalized spacial score (nSPS) is 16.1. The molecule has 4 rings (SSSR count). The molecule has 2 aromatic heterocycles. The van der Waals surface area contributed by atoms with Gasteiger partial charge in [0.2, 0.25) is 11.5 Å². The van der Waals surface area contributed by atoms with Gasteiger partial charge in [-0.2, -0.15) is 0 Å². The first-order valence-corrected chi connectivity index (χ1v) is 10.4. The van der Waals surface area contributed by atoms with E-state index in [2.05, 4.69) is 4.57 Å². The monoisotopic (exact) mass is 425 g/mol. The highest BCUT2D eigenvalue weighted by Crippen LogP contribution is 2.29. The van der Waals surface area contributed by atoms with Crippen LogP contribution in [0.15, 0.2) is 28.7 Å². The lowest BCUT2D eigenvalue weighted by molar-refractivity contribution is 0.0445. The average Bonchev–Trinajstić information content (AvgIpc) is 3.47. The minimum Gasteiger partial charge on any atom is -0.497 e. The summed E-state index contributed by atoms with van der Waals surface area (Å²) in [5.41, 5.74) is 3.63. The number of furan rings is 1. The fourth-order valence-electron chi connectivity index (χ4n) is 4.15. The predicted molar refractivity (Wildman–Crippen MR) is 115 cm³/mol. The number of Topliss-reactive ketones (excluding diaryl/α,β-unsaturated/α-hetero) is 1. The number of nitrogens with zero attached hydrogens (tertiary/aromatic N) is 1. The van der Waals surface area contributed by atoms with Gasteiger partial charge in [-0.15, -0.1) is 0 Å². The maximum Gasteiger partial charge on any atom is 0.375 e. The number of carbonyl (C=O) groups excluding carboxylic acids is 2. The highest BCUT2D eigenvalue weighted by Gasteiger charge is 2.24. The molecule has 1 saturated heterocycles. The van der Waals surface area contributed by atoms with E-state index in [9.17, 15) is 9.59 Å². The second kappa shape index (κ2) is 8.59. The Morgan fingerprint density at radius 3 is 2.71 bits per heavy atom. The number of fused-ring (bicyclic) bond motifs is 1. The fraction of sp³-hybridized carbons (Fsp3) is 0.417. The highest BCUT2D eigenvalue weighted by molar-refractivity contribution is 6.01. The van der Waals surface area contributed by atoms with Crippen LogP contribution >= 0.6 is 0 Å². The summed E-state index contributed by atoms with van der Waals surface area (Å²) in [5.74, 6) is -0.130. The lowest BCUT2D eigenvalue weighted by Crippen LogP contribution is -2.18. The molecule has 0 amide bonds. The first kappa shape index (κ1) is 21.2. The molecule has 1 aliphatic rings. The van der Waals surface area contributed by atoms with Crippen molar-refractivity contribution in [1.29, 1.82) is 0 Å². The van der Waals surface area contributed by atoms with Gasteiger partial charge in [0.15, 0.2) is 6.61 Å². The number of esters is 1. The Labute approximate surface area is 180 Å². The van der Waals surface area contributed by atoms with E-state index in [0.717, 1.165) is 42.8 Å². The summed E-state index contributed by atoms with van der Waals surface area (Å²) in [7, 11) is 1.58. The molecule has 0 aliphatic carbocycles. The third-order valence-electron chi connectivity index (χ3n) is 5.95. The van der Waals surface area contributed by atoms with E-state index >= 15 is 0 Å². The van der Waals surface area contributed by atoms with Crippen LogP contribution in [0.4, 0.5) is 0 Å². The van der Waals surface area contributed by atoms with Crippen LogP contribution in [-0.4, -0.2) is 42.7 Å². The largest absolute Gasteiger partial charge is 0.497 e. The van der Waals surface area contributed by atoms with Crippen LogP contribution in [0.1, 0.15) is 50.7 Å². The van der Waals surface area contributed by atoms with Crippen molar-refractivity contribution in [2.45, 2.75) is 46.3 Å². The third-order valence-corrected chi connectivity index (χ3v) is 5.95. The van der Waals surface area contributed by atoms with Gasteiger partial charge >= 0.3 is 5.97 Å². The van der Waals surface area contributed by atoms with E-state index in [-0.39, 0.29) is 24.3 Å². The summed E-state index contributed by atoms with van der Waals surface area (Å²) in [6.07, 6.45) is 2.28. The van der Waals surface area contributed by atoms with Gasteiger partial charge in [-0.05, 0) is 57.9 Å². The Morgan fingerprint density at radius 1 is 1.19 bits per heavy atom. The summed E-state index contributed by atoms with van der Waals surface area (Å²) in [6.45, 7) is 6.84. The molecule has 7 nitrogen and oxygen atoms in total. The topological polar surface area (TPSA) is 79.9 Å². The smallest absolute Gasteiger partial charge is 0.375 e. The van der Waals surface area contributed by atoms with Crippen LogP contribution in [0.25, 0.3) is 11.0 Å². The highest BCUT2D eigenvalue weighted by atomic mass is 16.5. The summed E-state index contributed by atoms with van der Waals surface area (Å²) < 4.78 is 24.0. The Kier molecular flexibility index (Phi) is 5.87. The van der Waals surface area contributed by atoms with Crippen LogP contribution in [-0.2, 0) is 16.0 Å². The molecule has 1 aliphatic heterocycles. The number of rotatable bonds is 7. The zero-order valence-electron chi connectivity index (χ0n) is 18.3. The second-order valence-corrected chi connectivity index (χ2v) is 7.95. The van der Waals surface area contributed by atoms with E-state index < -0.39 is 5.97 Å². The lowest BCUT2D eigenvalue weighted by atomic mass is 10.1. The molecule has 1 fully saturated rings. The van der Waals surface area contributed by atoms with Crippen molar-refractivity contribution in [3.8, 4) is 5.75 Å². The quantitative estimate of drug-likeness (QED) is 0.413. The van der Waals surface area contributed by atoms with Gasteiger partial charge in [0.1, 0.15) is 11.3 Å². The van der Waals surface area contributed by atoms with Crippen LogP contribution in [0, 0.1) is 20.8 Å². The molecule has 0 radical (unpaired) electrons. The van der Waals surface area contributed by atoms with Crippen molar-refractivity contribution in [1.82, 2.24) is 4.57 Å². The first-order valence-electron chi connectivity index (χ1n) is 10.4. The van der Waals surface area contributed by atoms with Crippen LogP contribution in [0.5, 0.6) is 5.75 Å². The zero-order chi connectivity index (χ0) is 22.1. The van der Waals surface area contributed by atoms with Gasteiger partial charge in [-0.1, -0.05) is 0 Å². The number of ketones is 1. The third kappa shape index (κ3) is 4.10. The summed E-state index contributed by atoms with van der Waals surface area (Å²) in [5, 5.41) is 0.773. The van der Waals surface area contributed by atoms with Crippen molar-refractivity contribution in [3.05, 3.63) is 52.5 Å². The molecule has 0 bridgehead atoms. The van der Waals surface area contributed by atoms with E-state index in [4.69, 9.17) is 18.6 Å². The summed E-state index contributed by atoms with van der Waals surface area (Å²) in [4.78, 5) is 25.4. The van der Waals surface area contributed by atoms with Crippen molar-refractivity contribution in [3.63, 3.8) is 0 Å². The summed E-state index contributed by atoms with van der Waals surface area (Å²) in [6, 6.07) is 7.15. The number of methoxy groups -OCH3 is 1. The first-order chi connectivity index (χ1) is 14.9. The number of carbonyl (C=O) groups is 2. The molecular formula is C24H27NO6. The molecule has 1 atom stereocenters. The molecule has 0 unspecified atom stereocenters. The standard InChI is InChI=1S/C24H27NO6/c1-14-10-20(16(3)25(14)12-18-6-5-9-29-18)21(26)13-30-24(27)23-15(2)19-11-17(28-4)7-8-22(19)31-23/h7-8,10-11,18H,5-6,9,12-13H2,1-4H3/t18-/m0/s1. The zero-order valence-corrected chi connectivity index (χ0v) is 18.3. The molecule has 0 saturated carbocycles. The van der Waals surface area contributed by atoms with Gasteiger partial charge in [0.25, 0.3) is 0 Å². The Hall–Kier alpha value is -3.06. The number of aromatic nitrogens is 1. The molecule has 7 heteroatoms. The van der Waals surface area contributed by atoms with Gasteiger partial charge in [-0.25, -0.2) is 4.79 Å². The molecule has 31 heavy (non-hydrogen) atoms. The van der Waals surface area contributed by atoms with Crippen molar-refractivity contribution in [2.24, 2.45) is 0 Å².